The monoisotopic (exact) mass is 205 g/mol. The summed E-state index contributed by atoms with van der Waals surface area (Å²) < 4.78 is 0. The topological polar surface area (TPSA) is 23.5 Å². The number of nitrogens with zero attached hydrogens (tertiary/aromatic N) is 1. The summed E-state index contributed by atoms with van der Waals surface area (Å²) in [4.78, 5) is 2.40. The highest BCUT2D eigenvalue weighted by Gasteiger charge is 2.20. The van der Waals surface area contributed by atoms with Crippen LogP contribution in [-0.4, -0.2) is 24.8 Å². The molecule has 82 valence electrons. The standard InChI is InChI=1S/C13H19NO/c1-11-9-12-5-2-3-6-13(12)14(10-11)7-4-8-15/h2-3,5-6,11,15H,4,7-10H2,1H3. The van der Waals surface area contributed by atoms with Gasteiger partial charge in [0, 0.05) is 25.4 Å². The molecule has 2 nitrogen and oxygen atoms in total. The molecule has 1 aliphatic heterocycles. The summed E-state index contributed by atoms with van der Waals surface area (Å²) in [6, 6.07) is 8.62. The van der Waals surface area contributed by atoms with Gasteiger partial charge >= 0.3 is 0 Å². The number of hydrogen-bond acceptors (Lipinski definition) is 2. The van der Waals surface area contributed by atoms with Crippen molar-refractivity contribution in [2.45, 2.75) is 19.8 Å². The molecular weight excluding hydrogens is 186 g/mol. The summed E-state index contributed by atoms with van der Waals surface area (Å²) in [5.41, 5.74) is 2.82. The maximum Gasteiger partial charge on any atom is 0.0447 e. The molecule has 1 unspecified atom stereocenters. The van der Waals surface area contributed by atoms with E-state index in [1.54, 1.807) is 0 Å². The van der Waals surface area contributed by atoms with E-state index in [4.69, 9.17) is 5.11 Å². The normalized spacial score (nSPS) is 20.1. The quantitative estimate of drug-likeness (QED) is 0.816. The molecule has 0 amide bonds. The van der Waals surface area contributed by atoms with Gasteiger partial charge in [-0.1, -0.05) is 25.1 Å². The van der Waals surface area contributed by atoms with Crippen LogP contribution in [0.25, 0.3) is 0 Å². The van der Waals surface area contributed by atoms with Crippen molar-refractivity contribution >= 4 is 5.69 Å². The van der Waals surface area contributed by atoms with E-state index in [-0.39, 0.29) is 6.61 Å². The second kappa shape index (κ2) is 4.67. The Labute approximate surface area is 91.5 Å². The number of aliphatic hydroxyl groups is 1. The molecular formula is C13H19NO. The van der Waals surface area contributed by atoms with Crippen LogP contribution in [0.2, 0.25) is 0 Å². The van der Waals surface area contributed by atoms with Crippen molar-refractivity contribution < 1.29 is 5.11 Å². The van der Waals surface area contributed by atoms with E-state index in [0.29, 0.717) is 0 Å². The first kappa shape index (κ1) is 10.5. The second-order valence-electron chi connectivity index (χ2n) is 4.46. The molecule has 2 heteroatoms. The Hall–Kier alpha value is -1.02. The second-order valence-corrected chi connectivity index (χ2v) is 4.46. The molecule has 0 saturated heterocycles. The molecule has 1 aromatic carbocycles. The van der Waals surface area contributed by atoms with Gasteiger partial charge in [0.25, 0.3) is 0 Å². The third-order valence-electron chi connectivity index (χ3n) is 3.02. The van der Waals surface area contributed by atoms with Crippen molar-refractivity contribution in [2.75, 3.05) is 24.6 Å². The van der Waals surface area contributed by atoms with Crippen LogP contribution in [0.15, 0.2) is 24.3 Å². The van der Waals surface area contributed by atoms with Crippen LogP contribution in [0.5, 0.6) is 0 Å². The lowest BCUT2D eigenvalue weighted by Gasteiger charge is -2.34. The van der Waals surface area contributed by atoms with Gasteiger partial charge in [0.05, 0.1) is 0 Å². The zero-order valence-corrected chi connectivity index (χ0v) is 9.32. The fourth-order valence-electron chi connectivity index (χ4n) is 2.38. The van der Waals surface area contributed by atoms with E-state index >= 15 is 0 Å². The molecule has 1 atom stereocenters. The van der Waals surface area contributed by atoms with Crippen LogP contribution in [0.4, 0.5) is 5.69 Å². The first-order valence-corrected chi connectivity index (χ1v) is 5.75. The number of anilines is 1. The first-order chi connectivity index (χ1) is 7.31. The Morgan fingerprint density at radius 3 is 3.00 bits per heavy atom. The number of para-hydroxylation sites is 1. The van der Waals surface area contributed by atoms with E-state index in [0.717, 1.165) is 25.4 Å². The minimum absolute atomic E-state index is 0.285. The summed E-state index contributed by atoms with van der Waals surface area (Å²) in [5.74, 6) is 0.721. The summed E-state index contributed by atoms with van der Waals surface area (Å²) in [6.07, 6.45) is 2.05. The number of aliphatic hydroxyl groups excluding tert-OH is 1. The molecule has 0 spiro atoms. The van der Waals surface area contributed by atoms with Gasteiger partial charge in [0.1, 0.15) is 0 Å². The van der Waals surface area contributed by atoms with Crippen LogP contribution < -0.4 is 4.90 Å². The molecule has 15 heavy (non-hydrogen) atoms. The van der Waals surface area contributed by atoms with Gasteiger partial charge in [-0.2, -0.15) is 0 Å². The lowest BCUT2D eigenvalue weighted by atomic mass is 9.94. The van der Waals surface area contributed by atoms with Gasteiger partial charge in [0.15, 0.2) is 0 Å². The predicted octanol–water partition coefficient (Wildman–Crippen LogP) is 2.07. The number of fused-ring (bicyclic) bond motifs is 1. The van der Waals surface area contributed by atoms with Gasteiger partial charge in [-0.05, 0) is 30.4 Å². The minimum atomic E-state index is 0.285. The van der Waals surface area contributed by atoms with E-state index in [2.05, 4.69) is 36.1 Å². The fraction of sp³-hybridized carbons (Fsp3) is 0.538. The fourth-order valence-corrected chi connectivity index (χ4v) is 2.38. The zero-order chi connectivity index (χ0) is 10.7. The first-order valence-electron chi connectivity index (χ1n) is 5.75. The van der Waals surface area contributed by atoms with Crippen molar-refractivity contribution in [1.82, 2.24) is 0 Å². The zero-order valence-electron chi connectivity index (χ0n) is 9.32. The maximum atomic E-state index is 8.88. The molecule has 0 radical (unpaired) electrons. The highest BCUT2D eigenvalue weighted by molar-refractivity contribution is 5.55. The summed E-state index contributed by atoms with van der Waals surface area (Å²) in [6.45, 7) is 4.67. The highest BCUT2D eigenvalue weighted by atomic mass is 16.3. The van der Waals surface area contributed by atoms with Crippen LogP contribution >= 0.6 is 0 Å². The maximum absolute atomic E-state index is 8.88. The highest BCUT2D eigenvalue weighted by Crippen LogP contribution is 2.29. The molecule has 1 heterocycles. The van der Waals surface area contributed by atoms with E-state index < -0.39 is 0 Å². The number of hydrogen-bond donors (Lipinski definition) is 1. The van der Waals surface area contributed by atoms with Crippen molar-refractivity contribution in [3.63, 3.8) is 0 Å². The van der Waals surface area contributed by atoms with Gasteiger partial charge in [-0.15, -0.1) is 0 Å². The minimum Gasteiger partial charge on any atom is -0.396 e. The Bertz CT molecular complexity index is 324. The molecule has 0 aliphatic carbocycles. The van der Waals surface area contributed by atoms with Gasteiger partial charge < -0.3 is 10.0 Å². The SMILES string of the molecule is CC1Cc2ccccc2N(CCCO)C1. The molecule has 1 N–H and O–H groups in total. The Morgan fingerprint density at radius 2 is 2.20 bits per heavy atom. The Morgan fingerprint density at radius 1 is 1.40 bits per heavy atom. The third kappa shape index (κ3) is 2.32. The average Bonchev–Trinajstić information content (AvgIpc) is 2.25. The summed E-state index contributed by atoms with van der Waals surface area (Å²) in [5, 5.41) is 8.88. The van der Waals surface area contributed by atoms with Crippen molar-refractivity contribution in [3.05, 3.63) is 29.8 Å². The molecule has 1 aliphatic rings. The molecule has 0 fully saturated rings. The number of benzene rings is 1. The van der Waals surface area contributed by atoms with Crippen LogP contribution in [-0.2, 0) is 6.42 Å². The van der Waals surface area contributed by atoms with Gasteiger partial charge in [-0.25, -0.2) is 0 Å². The van der Waals surface area contributed by atoms with Gasteiger partial charge in [0.2, 0.25) is 0 Å². The molecule has 1 aromatic rings. The summed E-state index contributed by atoms with van der Waals surface area (Å²) in [7, 11) is 0. The van der Waals surface area contributed by atoms with Crippen molar-refractivity contribution in [3.8, 4) is 0 Å². The predicted molar refractivity (Wildman–Crippen MR) is 63.2 cm³/mol. The molecule has 0 bridgehead atoms. The third-order valence-corrected chi connectivity index (χ3v) is 3.02. The summed E-state index contributed by atoms with van der Waals surface area (Å²) >= 11 is 0. The van der Waals surface area contributed by atoms with Crippen molar-refractivity contribution in [1.29, 1.82) is 0 Å². The smallest absolute Gasteiger partial charge is 0.0447 e. The van der Waals surface area contributed by atoms with Crippen LogP contribution in [0.1, 0.15) is 18.9 Å². The Balaban J connectivity index is 2.18. The van der Waals surface area contributed by atoms with Gasteiger partial charge in [-0.3, -0.25) is 0 Å². The largest absolute Gasteiger partial charge is 0.396 e. The molecule has 0 saturated carbocycles. The lowest BCUT2D eigenvalue weighted by molar-refractivity contribution is 0.288. The van der Waals surface area contributed by atoms with Crippen LogP contribution in [0, 0.1) is 5.92 Å². The van der Waals surface area contributed by atoms with Crippen LogP contribution in [0.3, 0.4) is 0 Å². The molecule has 2 rings (SSSR count). The lowest BCUT2D eigenvalue weighted by Crippen LogP contribution is -2.35. The number of rotatable bonds is 3. The van der Waals surface area contributed by atoms with Crippen molar-refractivity contribution in [2.24, 2.45) is 5.92 Å². The van der Waals surface area contributed by atoms with E-state index in [9.17, 15) is 0 Å². The molecule has 0 aromatic heterocycles. The van der Waals surface area contributed by atoms with E-state index in [1.807, 2.05) is 0 Å². The van der Waals surface area contributed by atoms with E-state index in [1.165, 1.54) is 17.7 Å². The average molecular weight is 205 g/mol. The Kier molecular flexibility index (Phi) is 3.27.